The molecule has 2 bridgehead atoms. The fourth-order valence-electron chi connectivity index (χ4n) is 4.54. The van der Waals surface area contributed by atoms with Crippen LogP contribution in [0, 0.1) is 17.7 Å². The lowest BCUT2D eigenvalue weighted by Gasteiger charge is -2.45. The summed E-state index contributed by atoms with van der Waals surface area (Å²) in [5.74, 6) is 1.05. The van der Waals surface area contributed by atoms with Crippen molar-refractivity contribution in [2.24, 2.45) is 17.6 Å². The van der Waals surface area contributed by atoms with Crippen LogP contribution >= 0.6 is 24.8 Å². The maximum absolute atomic E-state index is 13.0. The smallest absolute Gasteiger partial charge is 0.226 e. The molecule has 2 aliphatic rings. The first-order chi connectivity index (χ1) is 12.6. The fraction of sp³-hybridized carbons (Fsp3) is 0.500. The molecule has 3 N–H and O–H groups in total. The van der Waals surface area contributed by atoms with Gasteiger partial charge in [-0.25, -0.2) is 9.37 Å². The highest BCUT2D eigenvalue weighted by molar-refractivity contribution is 5.85. The summed E-state index contributed by atoms with van der Waals surface area (Å²) in [5.41, 5.74) is 7.42. The van der Waals surface area contributed by atoms with Crippen LogP contribution in [0.25, 0.3) is 11.5 Å². The van der Waals surface area contributed by atoms with Gasteiger partial charge in [-0.1, -0.05) is 6.42 Å². The van der Waals surface area contributed by atoms with Gasteiger partial charge in [-0.3, -0.25) is 4.79 Å². The number of oxazole rings is 1. The Kier molecular flexibility index (Phi) is 7.87. The van der Waals surface area contributed by atoms with E-state index in [1.54, 1.807) is 12.1 Å². The van der Waals surface area contributed by atoms with Crippen molar-refractivity contribution in [2.75, 3.05) is 0 Å². The Morgan fingerprint density at radius 1 is 1.18 bits per heavy atom. The number of hydrogen-bond acceptors (Lipinski definition) is 4. The van der Waals surface area contributed by atoms with Crippen LogP contribution in [-0.4, -0.2) is 23.0 Å². The van der Waals surface area contributed by atoms with Crippen LogP contribution in [0.1, 0.15) is 37.8 Å². The second-order valence-corrected chi connectivity index (χ2v) is 7.60. The molecule has 0 aliphatic heterocycles. The lowest BCUT2D eigenvalue weighted by Crippen LogP contribution is -2.54. The molecule has 0 spiro atoms. The summed E-state index contributed by atoms with van der Waals surface area (Å²) in [7, 11) is 0. The van der Waals surface area contributed by atoms with Gasteiger partial charge < -0.3 is 15.5 Å². The average molecular weight is 430 g/mol. The second-order valence-electron chi connectivity index (χ2n) is 7.60. The zero-order valence-electron chi connectivity index (χ0n) is 15.5. The van der Waals surface area contributed by atoms with E-state index in [1.807, 2.05) is 0 Å². The van der Waals surface area contributed by atoms with E-state index in [1.165, 1.54) is 24.8 Å². The molecule has 0 radical (unpaired) electrons. The molecular formula is C20H26Cl2FN3O2. The van der Waals surface area contributed by atoms with Crippen molar-refractivity contribution >= 4 is 30.7 Å². The molecule has 4 rings (SSSR count). The number of nitrogens with two attached hydrogens (primary N) is 1. The van der Waals surface area contributed by atoms with E-state index in [4.69, 9.17) is 10.2 Å². The molecule has 2 fully saturated rings. The highest BCUT2D eigenvalue weighted by Gasteiger charge is 2.39. The third-order valence-electron chi connectivity index (χ3n) is 5.69. The Hall–Kier alpha value is -1.63. The summed E-state index contributed by atoms with van der Waals surface area (Å²) in [5, 5.41) is 3.22. The van der Waals surface area contributed by atoms with E-state index >= 15 is 0 Å². The Labute approximate surface area is 176 Å². The van der Waals surface area contributed by atoms with Gasteiger partial charge in [0.05, 0.1) is 12.1 Å². The third kappa shape index (κ3) is 5.04. The van der Waals surface area contributed by atoms with Crippen LogP contribution in [0.2, 0.25) is 0 Å². The number of rotatable bonds is 4. The number of fused-ring (bicyclic) bond motifs is 2. The number of benzene rings is 1. The topological polar surface area (TPSA) is 81.1 Å². The highest BCUT2D eigenvalue weighted by atomic mass is 35.5. The van der Waals surface area contributed by atoms with Gasteiger partial charge in [0.15, 0.2) is 0 Å². The van der Waals surface area contributed by atoms with Gasteiger partial charge in [0.25, 0.3) is 0 Å². The minimum Gasteiger partial charge on any atom is -0.444 e. The molecule has 1 aromatic heterocycles. The van der Waals surface area contributed by atoms with Crippen molar-refractivity contribution in [1.29, 1.82) is 0 Å². The van der Waals surface area contributed by atoms with Crippen molar-refractivity contribution in [2.45, 2.75) is 50.6 Å². The molecule has 8 heteroatoms. The van der Waals surface area contributed by atoms with Gasteiger partial charge in [-0.2, -0.15) is 0 Å². The number of halogens is 3. The monoisotopic (exact) mass is 429 g/mol. The minimum atomic E-state index is -0.308. The number of amides is 1. The Morgan fingerprint density at radius 3 is 2.46 bits per heavy atom. The summed E-state index contributed by atoms with van der Waals surface area (Å²) in [6.45, 7) is 0. The molecule has 1 aromatic carbocycles. The summed E-state index contributed by atoms with van der Waals surface area (Å²) in [4.78, 5) is 16.9. The first-order valence-corrected chi connectivity index (χ1v) is 9.34. The molecular weight excluding hydrogens is 404 g/mol. The Bertz CT molecular complexity index is 770. The number of nitrogens with one attached hydrogen (secondary N) is 1. The van der Waals surface area contributed by atoms with Crippen molar-refractivity contribution in [3.63, 3.8) is 0 Å². The van der Waals surface area contributed by atoms with E-state index in [9.17, 15) is 9.18 Å². The number of carbonyl (C=O) groups is 1. The average Bonchev–Trinajstić information content (AvgIpc) is 3.04. The van der Waals surface area contributed by atoms with Crippen molar-refractivity contribution in [1.82, 2.24) is 10.3 Å². The molecule has 154 valence electrons. The predicted octanol–water partition coefficient (Wildman–Crippen LogP) is 3.89. The van der Waals surface area contributed by atoms with Gasteiger partial charge in [-0.15, -0.1) is 24.8 Å². The normalized spacial score (nSPS) is 25.9. The van der Waals surface area contributed by atoms with Crippen LogP contribution < -0.4 is 11.1 Å². The van der Waals surface area contributed by atoms with Crippen LogP contribution in [0.15, 0.2) is 34.9 Å². The molecule has 2 aliphatic carbocycles. The minimum absolute atomic E-state index is 0. The lowest BCUT2D eigenvalue weighted by atomic mass is 9.67. The van der Waals surface area contributed by atoms with Gasteiger partial charge >= 0.3 is 0 Å². The largest absolute Gasteiger partial charge is 0.444 e. The predicted molar refractivity (Wildman–Crippen MR) is 110 cm³/mol. The lowest BCUT2D eigenvalue weighted by molar-refractivity contribution is -0.122. The zero-order chi connectivity index (χ0) is 18.1. The van der Waals surface area contributed by atoms with E-state index in [0.29, 0.717) is 29.0 Å². The van der Waals surface area contributed by atoms with Crippen LogP contribution in [0.3, 0.4) is 0 Å². The standard InChI is InChI=1S/C20H24FN3O2.2ClH/c21-15-6-4-12(5-7-15)20-23-17(11-26-20)10-18(25)24-19-13-2-1-3-14(19)9-16(22)8-13;;/h4-7,11,13-14,16,19H,1-3,8-10,22H2,(H,24,25);2*1H. The van der Waals surface area contributed by atoms with Crippen LogP contribution in [0.5, 0.6) is 0 Å². The summed E-state index contributed by atoms with van der Waals surface area (Å²) in [6.07, 6.45) is 7.21. The summed E-state index contributed by atoms with van der Waals surface area (Å²) in [6, 6.07) is 6.44. The molecule has 1 amide bonds. The van der Waals surface area contributed by atoms with E-state index in [-0.39, 0.29) is 55.0 Å². The molecule has 2 atom stereocenters. The van der Waals surface area contributed by atoms with Gasteiger partial charge in [-0.05, 0) is 61.8 Å². The van der Waals surface area contributed by atoms with E-state index in [0.717, 1.165) is 25.7 Å². The Morgan fingerprint density at radius 2 is 1.82 bits per heavy atom. The quantitative estimate of drug-likeness (QED) is 0.771. The molecule has 0 saturated heterocycles. The van der Waals surface area contributed by atoms with Crippen LogP contribution in [-0.2, 0) is 11.2 Å². The molecule has 5 nitrogen and oxygen atoms in total. The number of hydrogen-bond donors (Lipinski definition) is 2. The maximum atomic E-state index is 13.0. The number of aromatic nitrogens is 1. The fourth-order valence-corrected chi connectivity index (χ4v) is 4.54. The number of carbonyl (C=O) groups excluding carboxylic acids is 1. The van der Waals surface area contributed by atoms with E-state index < -0.39 is 0 Å². The second kappa shape index (κ2) is 9.72. The van der Waals surface area contributed by atoms with Crippen molar-refractivity contribution < 1.29 is 13.6 Å². The first-order valence-electron chi connectivity index (χ1n) is 9.34. The molecule has 2 aromatic rings. The molecule has 2 unspecified atom stereocenters. The van der Waals surface area contributed by atoms with Gasteiger partial charge in [0.2, 0.25) is 11.8 Å². The molecule has 1 heterocycles. The summed E-state index contributed by atoms with van der Waals surface area (Å²) < 4.78 is 18.5. The van der Waals surface area contributed by atoms with Crippen LogP contribution in [0.4, 0.5) is 4.39 Å². The maximum Gasteiger partial charge on any atom is 0.226 e. The third-order valence-corrected chi connectivity index (χ3v) is 5.69. The summed E-state index contributed by atoms with van der Waals surface area (Å²) >= 11 is 0. The molecule has 2 saturated carbocycles. The first kappa shape index (κ1) is 22.7. The van der Waals surface area contributed by atoms with Gasteiger partial charge in [0.1, 0.15) is 12.1 Å². The van der Waals surface area contributed by atoms with E-state index in [2.05, 4.69) is 10.3 Å². The highest BCUT2D eigenvalue weighted by Crippen LogP contribution is 2.39. The van der Waals surface area contributed by atoms with Gasteiger partial charge in [0, 0.05) is 17.6 Å². The van der Waals surface area contributed by atoms with Crippen molar-refractivity contribution in [3.05, 3.63) is 42.0 Å². The number of nitrogens with zero attached hydrogens (tertiary/aromatic N) is 1. The Balaban J connectivity index is 0.00000140. The SMILES string of the molecule is Cl.Cl.NC1CC2CCCC(C1)C2NC(=O)Cc1coc(-c2ccc(F)cc2)n1. The zero-order valence-corrected chi connectivity index (χ0v) is 17.1. The molecule has 28 heavy (non-hydrogen) atoms. The van der Waals surface area contributed by atoms with Crippen molar-refractivity contribution in [3.8, 4) is 11.5 Å².